The highest BCUT2D eigenvalue weighted by Gasteiger charge is 2.24. The van der Waals surface area contributed by atoms with Gasteiger partial charge in [0.2, 0.25) is 5.91 Å². The summed E-state index contributed by atoms with van der Waals surface area (Å²) in [6.45, 7) is 0.0613. The lowest BCUT2D eigenvalue weighted by molar-refractivity contribution is -0.115. The molecule has 2 N–H and O–H groups in total. The number of aliphatic hydroxyl groups is 1. The number of rotatable bonds is 3. The van der Waals surface area contributed by atoms with E-state index in [1.807, 2.05) is 0 Å². The summed E-state index contributed by atoms with van der Waals surface area (Å²) in [5.41, 5.74) is 1.45. The van der Waals surface area contributed by atoms with Crippen LogP contribution in [0, 0.1) is 5.82 Å². The van der Waals surface area contributed by atoms with Crippen molar-refractivity contribution in [3.8, 4) is 0 Å². The topological polar surface area (TPSA) is 58.6 Å². The lowest BCUT2D eigenvalue weighted by Crippen LogP contribution is -2.10. The highest BCUT2D eigenvalue weighted by Crippen LogP contribution is 2.32. The van der Waals surface area contributed by atoms with Crippen LogP contribution in [0.5, 0.6) is 0 Å². The molecule has 1 aliphatic rings. The molecular weight excluding hydrogens is 213 g/mol. The van der Waals surface area contributed by atoms with Gasteiger partial charge in [-0.05, 0) is 17.7 Å². The average molecular weight is 225 g/mol. The van der Waals surface area contributed by atoms with E-state index in [2.05, 4.69) is 5.32 Å². The van der Waals surface area contributed by atoms with E-state index in [-0.39, 0.29) is 18.9 Å². The Balaban J connectivity index is 2.42. The van der Waals surface area contributed by atoms with Gasteiger partial charge in [-0.25, -0.2) is 4.39 Å². The van der Waals surface area contributed by atoms with E-state index in [1.54, 1.807) is 0 Å². The highest BCUT2D eigenvalue weighted by molar-refractivity contribution is 6.00. The van der Waals surface area contributed by atoms with Gasteiger partial charge in [0.25, 0.3) is 0 Å². The Morgan fingerprint density at radius 3 is 3.06 bits per heavy atom. The molecule has 4 nitrogen and oxygen atoms in total. The van der Waals surface area contributed by atoms with Gasteiger partial charge in [0.05, 0.1) is 18.7 Å². The molecule has 86 valence electrons. The zero-order valence-electron chi connectivity index (χ0n) is 8.79. The van der Waals surface area contributed by atoms with Crippen LogP contribution in [0.2, 0.25) is 0 Å². The van der Waals surface area contributed by atoms with Gasteiger partial charge in [0.1, 0.15) is 11.9 Å². The minimum Gasteiger partial charge on any atom is -0.386 e. The molecule has 1 amide bonds. The molecule has 0 aromatic heterocycles. The first-order valence-corrected chi connectivity index (χ1v) is 4.91. The average Bonchev–Trinajstić information content (AvgIpc) is 2.57. The first kappa shape index (κ1) is 11.0. The predicted molar refractivity (Wildman–Crippen MR) is 55.6 cm³/mol. The number of carbonyl (C=O) groups is 1. The van der Waals surface area contributed by atoms with Gasteiger partial charge in [-0.1, -0.05) is 0 Å². The fourth-order valence-electron chi connectivity index (χ4n) is 1.85. The number of hydrogen-bond acceptors (Lipinski definition) is 3. The van der Waals surface area contributed by atoms with E-state index in [0.29, 0.717) is 16.8 Å². The molecule has 1 aromatic carbocycles. The fourth-order valence-corrected chi connectivity index (χ4v) is 1.85. The number of hydrogen-bond donors (Lipinski definition) is 2. The number of amides is 1. The SMILES string of the molecule is COCC(O)c1cc(F)cc2c1NC(=O)C2. The molecule has 0 saturated carbocycles. The van der Waals surface area contributed by atoms with Gasteiger partial charge in [-0.15, -0.1) is 0 Å². The molecule has 0 fully saturated rings. The summed E-state index contributed by atoms with van der Waals surface area (Å²) in [6.07, 6.45) is -0.785. The summed E-state index contributed by atoms with van der Waals surface area (Å²) in [4.78, 5) is 11.2. The van der Waals surface area contributed by atoms with Gasteiger partial charge >= 0.3 is 0 Å². The maximum Gasteiger partial charge on any atom is 0.228 e. The van der Waals surface area contributed by atoms with Crippen molar-refractivity contribution in [2.45, 2.75) is 12.5 Å². The van der Waals surface area contributed by atoms with Crippen molar-refractivity contribution >= 4 is 11.6 Å². The van der Waals surface area contributed by atoms with Crippen molar-refractivity contribution in [3.63, 3.8) is 0 Å². The first-order valence-electron chi connectivity index (χ1n) is 4.91. The van der Waals surface area contributed by atoms with Crippen molar-refractivity contribution in [1.82, 2.24) is 0 Å². The number of fused-ring (bicyclic) bond motifs is 1. The third-order valence-electron chi connectivity index (χ3n) is 2.51. The molecule has 0 saturated heterocycles. The lowest BCUT2D eigenvalue weighted by Gasteiger charge is -2.14. The summed E-state index contributed by atoms with van der Waals surface area (Å²) in [5, 5.41) is 12.4. The van der Waals surface area contributed by atoms with Gasteiger partial charge in [0, 0.05) is 12.7 Å². The summed E-state index contributed by atoms with van der Waals surface area (Å²) in [6, 6.07) is 2.52. The van der Waals surface area contributed by atoms with Crippen LogP contribution in [0.25, 0.3) is 0 Å². The van der Waals surface area contributed by atoms with Crippen molar-refractivity contribution in [1.29, 1.82) is 0 Å². The number of anilines is 1. The van der Waals surface area contributed by atoms with Crippen LogP contribution in [-0.2, 0) is 16.0 Å². The van der Waals surface area contributed by atoms with E-state index in [4.69, 9.17) is 4.74 Å². The molecule has 0 radical (unpaired) electrons. The summed E-state index contributed by atoms with van der Waals surface area (Å²) in [5.74, 6) is -0.646. The van der Waals surface area contributed by atoms with Crippen molar-refractivity contribution in [3.05, 3.63) is 29.1 Å². The van der Waals surface area contributed by atoms with Crippen LogP contribution in [0.3, 0.4) is 0 Å². The Morgan fingerprint density at radius 2 is 2.38 bits per heavy atom. The monoisotopic (exact) mass is 225 g/mol. The molecule has 1 aliphatic heterocycles. The third kappa shape index (κ3) is 1.91. The zero-order chi connectivity index (χ0) is 11.7. The van der Waals surface area contributed by atoms with E-state index >= 15 is 0 Å². The molecule has 1 aromatic rings. The van der Waals surface area contributed by atoms with Crippen molar-refractivity contribution in [2.24, 2.45) is 0 Å². The van der Waals surface area contributed by atoms with Crippen LogP contribution in [-0.4, -0.2) is 24.7 Å². The molecule has 0 spiro atoms. The van der Waals surface area contributed by atoms with Crippen LogP contribution >= 0.6 is 0 Å². The van der Waals surface area contributed by atoms with Crippen LogP contribution in [0.1, 0.15) is 17.2 Å². The van der Waals surface area contributed by atoms with Gasteiger partial charge in [0.15, 0.2) is 0 Å². The quantitative estimate of drug-likeness (QED) is 0.806. The Kier molecular flexibility index (Phi) is 2.89. The van der Waals surface area contributed by atoms with Gasteiger partial charge < -0.3 is 15.2 Å². The lowest BCUT2D eigenvalue weighted by atomic mass is 10.0. The molecule has 1 heterocycles. The number of halogens is 1. The Hall–Kier alpha value is -1.46. The number of carbonyl (C=O) groups excluding carboxylic acids is 1. The van der Waals surface area contributed by atoms with E-state index < -0.39 is 11.9 Å². The summed E-state index contributed by atoms with van der Waals surface area (Å²) in [7, 11) is 1.45. The predicted octanol–water partition coefficient (Wildman–Crippen LogP) is 1.00. The second-order valence-corrected chi connectivity index (χ2v) is 3.73. The Labute approximate surface area is 92.0 Å². The number of benzene rings is 1. The maximum absolute atomic E-state index is 13.3. The molecule has 5 heteroatoms. The van der Waals surface area contributed by atoms with Crippen LogP contribution in [0.4, 0.5) is 10.1 Å². The third-order valence-corrected chi connectivity index (χ3v) is 2.51. The number of nitrogens with one attached hydrogen (secondary N) is 1. The fraction of sp³-hybridized carbons (Fsp3) is 0.364. The minimum atomic E-state index is -0.937. The molecular formula is C11H12FNO3. The molecule has 0 bridgehead atoms. The second-order valence-electron chi connectivity index (χ2n) is 3.73. The van der Waals surface area contributed by atoms with Crippen LogP contribution in [0.15, 0.2) is 12.1 Å². The zero-order valence-corrected chi connectivity index (χ0v) is 8.79. The number of ether oxygens (including phenoxy) is 1. The molecule has 1 unspecified atom stereocenters. The molecule has 1 atom stereocenters. The standard InChI is InChI=1S/C11H12FNO3/c1-16-5-9(14)8-4-7(12)2-6-3-10(15)13-11(6)8/h2,4,9,14H,3,5H2,1H3,(H,13,15). The summed E-state index contributed by atoms with van der Waals surface area (Å²) < 4.78 is 18.1. The van der Waals surface area contributed by atoms with Gasteiger partial charge in [-0.2, -0.15) is 0 Å². The second kappa shape index (κ2) is 4.19. The van der Waals surface area contributed by atoms with E-state index in [9.17, 15) is 14.3 Å². The van der Waals surface area contributed by atoms with E-state index in [1.165, 1.54) is 19.2 Å². The normalized spacial score (nSPS) is 15.8. The largest absolute Gasteiger partial charge is 0.386 e. The Bertz CT molecular complexity index is 433. The van der Waals surface area contributed by atoms with E-state index in [0.717, 1.165) is 0 Å². The smallest absolute Gasteiger partial charge is 0.228 e. The van der Waals surface area contributed by atoms with Gasteiger partial charge in [-0.3, -0.25) is 4.79 Å². The van der Waals surface area contributed by atoms with Crippen LogP contribution < -0.4 is 5.32 Å². The first-order chi connectivity index (χ1) is 7.61. The number of methoxy groups -OCH3 is 1. The maximum atomic E-state index is 13.3. The number of aliphatic hydroxyl groups excluding tert-OH is 1. The van der Waals surface area contributed by atoms with Crippen molar-refractivity contribution in [2.75, 3.05) is 19.0 Å². The molecule has 2 rings (SSSR count). The van der Waals surface area contributed by atoms with Crippen molar-refractivity contribution < 1.29 is 19.0 Å². The Morgan fingerprint density at radius 1 is 1.62 bits per heavy atom. The molecule has 0 aliphatic carbocycles. The minimum absolute atomic E-state index is 0.0613. The summed E-state index contributed by atoms with van der Waals surface area (Å²) >= 11 is 0. The highest BCUT2D eigenvalue weighted by atomic mass is 19.1. The molecule has 16 heavy (non-hydrogen) atoms.